The third-order valence-electron chi connectivity index (χ3n) is 1.59. The molecule has 0 aromatic heterocycles. The van der Waals surface area contributed by atoms with Crippen LogP contribution in [0, 0.1) is 0 Å². The first-order valence-electron chi connectivity index (χ1n) is 4.78. The van der Waals surface area contributed by atoms with Crippen LogP contribution in [0.25, 0.3) is 5.41 Å². The van der Waals surface area contributed by atoms with Gasteiger partial charge in [-0.1, -0.05) is 13.3 Å². The SMILES string of the molecule is CCCCC(=C=[N-])OC(C)OCC.[Li+]. The van der Waals surface area contributed by atoms with Crippen molar-refractivity contribution in [3.05, 3.63) is 11.2 Å². The minimum Gasteiger partial charge on any atom is -0.760 e. The van der Waals surface area contributed by atoms with Crippen molar-refractivity contribution in [2.24, 2.45) is 0 Å². The number of hydrogen-bond donors (Lipinski definition) is 0. The first kappa shape index (κ1) is 16.2. The van der Waals surface area contributed by atoms with E-state index in [1.807, 2.05) is 12.8 Å². The smallest absolute Gasteiger partial charge is 0.760 e. The zero-order valence-electron chi connectivity index (χ0n) is 9.67. The van der Waals surface area contributed by atoms with Crippen LogP contribution in [0.15, 0.2) is 5.76 Å². The Balaban J connectivity index is 0. The van der Waals surface area contributed by atoms with Crippen molar-refractivity contribution in [1.82, 2.24) is 0 Å². The van der Waals surface area contributed by atoms with Crippen molar-refractivity contribution in [1.29, 1.82) is 0 Å². The number of nitrogens with zero attached hydrogens (tertiary/aromatic N) is 1. The molecule has 1 atom stereocenters. The molecule has 76 valence electrons. The van der Waals surface area contributed by atoms with Crippen LogP contribution in [0.4, 0.5) is 0 Å². The molecule has 0 bridgehead atoms. The fraction of sp³-hybridized carbons (Fsp3) is 0.800. The van der Waals surface area contributed by atoms with Gasteiger partial charge in [-0.15, -0.1) is 0 Å². The normalized spacial score (nSPS) is 11.1. The Morgan fingerprint density at radius 1 is 1.43 bits per heavy atom. The molecule has 0 radical (unpaired) electrons. The van der Waals surface area contributed by atoms with Gasteiger partial charge in [0.05, 0.1) is 0 Å². The molecule has 0 spiro atoms. The monoisotopic (exact) mass is 191 g/mol. The van der Waals surface area contributed by atoms with E-state index in [0.717, 1.165) is 12.8 Å². The molecule has 0 saturated heterocycles. The summed E-state index contributed by atoms with van der Waals surface area (Å²) < 4.78 is 10.4. The second-order valence-electron chi connectivity index (χ2n) is 2.78. The van der Waals surface area contributed by atoms with E-state index >= 15 is 0 Å². The van der Waals surface area contributed by atoms with E-state index < -0.39 is 0 Å². The van der Waals surface area contributed by atoms with Gasteiger partial charge in [0.2, 0.25) is 0 Å². The van der Waals surface area contributed by atoms with Crippen LogP contribution in [0.3, 0.4) is 0 Å². The van der Waals surface area contributed by atoms with Crippen LogP contribution in [-0.2, 0) is 9.47 Å². The molecule has 0 rings (SSSR count). The second kappa shape index (κ2) is 10.9. The molecule has 0 heterocycles. The summed E-state index contributed by atoms with van der Waals surface area (Å²) in [5, 5.41) is 8.70. The summed E-state index contributed by atoms with van der Waals surface area (Å²) in [6, 6.07) is 0. The van der Waals surface area contributed by atoms with E-state index in [9.17, 15) is 0 Å². The molecule has 0 aromatic rings. The maximum Gasteiger partial charge on any atom is 1.00 e. The van der Waals surface area contributed by atoms with Gasteiger partial charge in [0.25, 0.3) is 0 Å². The third kappa shape index (κ3) is 8.41. The minimum atomic E-state index is -0.309. The van der Waals surface area contributed by atoms with Crippen LogP contribution in [0.2, 0.25) is 0 Å². The Bertz CT molecular complexity index is 179. The number of rotatable bonds is 7. The van der Waals surface area contributed by atoms with Crippen molar-refractivity contribution >= 4 is 5.87 Å². The molecule has 3 nitrogen and oxygen atoms in total. The molecule has 0 aromatic carbocycles. The number of allylic oxidation sites excluding steroid dienone is 1. The van der Waals surface area contributed by atoms with Crippen molar-refractivity contribution < 1.29 is 28.3 Å². The van der Waals surface area contributed by atoms with Gasteiger partial charge in [0.1, 0.15) is 5.76 Å². The molecule has 0 aliphatic rings. The van der Waals surface area contributed by atoms with E-state index in [-0.39, 0.29) is 25.2 Å². The quantitative estimate of drug-likeness (QED) is 0.240. The first-order valence-corrected chi connectivity index (χ1v) is 4.78. The van der Waals surface area contributed by atoms with Gasteiger partial charge in [-0.2, -0.15) is 0 Å². The van der Waals surface area contributed by atoms with Crippen LogP contribution in [0.1, 0.15) is 40.0 Å². The molecule has 0 N–H and O–H groups in total. The zero-order valence-corrected chi connectivity index (χ0v) is 9.67. The predicted molar refractivity (Wildman–Crippen MR) is 53.6 cm³/mol. The molecule has 14 heavy (non-hydrogen) atoms. The molecular weight excluding hydrogens is 173 g/mol. The molecule has 4 heteroatoms. The second-order valence-corrected chi connectivity index (χ2v) is 2.78. The van der Waals surface area contributed by atoms with Gasteiger partial charge in [0.15, 0.2) is 6.29 Å². The van der Waals surface area contributed by atoms with Crippen LogP contribution in [0.5, 0.6) is 0 Å². The fourth-order valence-corrected chi connectivity index (χ4v) is 0.948. The number of unbranched alkanes of at least 4 members (excludes halogenated alkanes) is 1. The van der Waals surface area contributed by atoms with Crippen molar-refractivity contribution in [3.63, 3.8) is 0 Å². The Hall–Kier alpha value is -0.193. The van der Waals surface area contributed by atoms with Gasteiger partial charge in [0, 0.05) is 13.0 Å². The molecule has 1 unspecified atom stereocenters. The average molecular weight is 191 g/mol. The van der Waals surface area contributed by atoms with Gasteiger partial charge in [-0.05, 0) is 20.3 Å². The topological polar surface area (TPSA) is 40.8 Å². The van der Waals surface area contributed by atoms with Crippen molar-refractivity contribution in [2.75, 3.05) is 6.61 Å². The Morgan fingerprint density at radius 2 is 2.07 bits per heavy atom. The summed E-state index contributed by atoms with van der Waals surface area (Å²) in [6.45, 7) is 6.39. The standard InChI is InChI=1S/C10H18NO2.Li/c1-4-6-7-10(8-11)13-9(3)12-5-2;/h9H,4-7H2,1-3H3;/q-1;+1. The van der Waals surface area contributed by atoms with Crippen LogP contribution < -0.4 is 18.9 Å². The zero-order chi connectivity index (χ0) is 10.1. The molecular formula is C10H18LiNO2. The third-order valence-corrected chi connectivity index (χ3v) is 1.59. The van der Waals surface area contributed by atoms with Gasteiger partial charge >= 0.3 is 18.9 Å². The summed E-state index contributed by atoms with van der Waals surface area (Å²) in [5.41, 5.74) is 0. The van der Waals surface area contributed by atoms with Gasteiger partial charge in [-0.25, -0.2) is 5.87 Å². The summed E-state index contributed by atoms with van der Waals surface area (Å²) in [5.74, 6) is 2.52. The van der Waals surface area contributed by atoms with Gasteiger partial charge < -0.3 is 14.9 Å². The Kier molecular flexibility index (Phi) is 12.6. The molecule has 0 saturated carbocycles. The molecule has 0 fully saturated rings. The predicted octanol–water partition coefficient (Wildman–Crippen LogP) is -0.297. The summed E-state index contributed by atoms with van der Waals surface area (Å²) in [7, 11) is 0. The van der Waals surface area contributed by atoms with Crippen molar-refractivity contribution in [2.45, 2.75) is 46.3 Å². The van der Waals surface area contributed by atoms with Crippen molar-refractivity contribution in [3.8, 4) is 0 Å². The summed E-state index contributed by atoms with van der Waals surface area (Å²) >= 11 is 0. The van der Waals surface area contributed by atoms with E-state index in [1.165, 1.54) is 0 Å². The summed E-state index contributed by atoms with van der Waals surface area (Å²) in [6.07, 6.45) is 2.46. The Morgan fingerprint density at radius 3 is 2.50 bits per heavy atom. The molecule has 0 aliphatic heterocycles. The van der Waals surface area contributed by atoms with Gasteiger partial charge in [-0.3, -0.25) is 0 Å². The largest absolute Gasteiger partial charge is 1.00 e. The van der Waals surface area contributed by atoms with E-state index in [1.54, 1.807) is 6.92 Å². The van der Waals surface area contributed by atoms with E-state index in [2.05, 4.69) is 6.92 Å². The molecule has 0 aliphatic carbocycles. The number of hydrogen-bond acceptors (Lipinski definition) is 2. The maximum atomic E-state index is 8.70. The summed E-state index contributed by atoms with van der Waals surface area (Å²) in [4.78, 5) is 0. The van der Waals surface area contributed by atoms with Crippen LogP contribution in [-0.4, -0.2) is 18.8 Å². The molecule has 0 amide bonds. The fourth-order valence-electron chi connectivity index (χ4n) is 0.948. The number of ether oxygens (including phenoxy) is 2. The first-order chi connectivity index (χ1) is 6.24. The van der Waals surface area contributed by atoms with E-state index in [0.29, 0.717) is 18.8 Å². The maximum absolute atomic E-state index is 8.70. The van der Waals surface area contributed by atoms with Crippen LogP contribution >= 0.6 is 0 Å². The average Bonchev–Trinajstić information content (AvgIpc) is 2.12. The Labute approximate surface area is 98.5 Å². The minimum absolute atomic E-state index is 0. The van der Waals surface area contributed by atoms with E-state index in [4.69, 9.17) is 14.9 Å².